The van der Waals surface area contributed by atoms with Crippen LogP contribution >= 0.6 is 11.6 Å². The van der Waals surface area contributed by atoms with Gasteiger partial charge in [-0.3, -0.25) is 9.59 Å². The third-order valence-corrected chi connectivity index (χ3v) is 5.90. The highest BCUT2D eigenvalue weighted by atomic mass is 35.5. The van der Waals surface area contributed by atoms with Crippen molar-refractivity contribution < 1.29 is 23.8 Å². The molecule has 33 heavy (non-hydrogen) atoms. The molecule has 1 aliphatic rings. The van der Waals surface area contributed by atoms with Crippen molar-refractivity contribution in [3.63, 3.8) is 0 Å². The molecule has 1 amide bonds. The maximum Gasteiger partial charge on any atom is 0.290 e. The number of hydrogen-bond acceptors (Lipinski definition) is 6. The summed E-state index contributed by atoms with van der Waals surface area (Å²) in [6, 6.07) is 13.1. The molecule has 4 rings (SSSR count). The van der Waals surface area contributed by atoms with Crippen LogP contribution in [-0.2, 0) is 4.79 Å². The highest BCUT2D eigenvalue weighted by molar-refractivity contribution is 6.30. The Hall–Kier alpha value is -3.29. The number of para-hydroxylation sites is 1. The molecule has 0 radical (unpaired) electrons. The molecule has 2 heterocycles. The molecule has 3 aromatic rings. The summed E-state index contributed by atoms with van der Waals surface area (Å²) in [5.41, 5.74) is 1.04. The average Bonchev–Trinajstić information content (AvgIpc) is 3.33. The Morgan fingerprint density at radius 2 is 1.97 bits per heavy atom. The van der Waals surface area contributed by atoms with E-state index in [0.717, 1.165) is 6.54 Å². The molecule has 0 fully saturated rings. The molecule has 2 aromatic carbocycles. The van der Waals surface area contributed by atoms with Gasteiger partial charge in [-0.1, -0.05) is 35.9 Å². The van der Waals surface area contributed by atoms with E-state index in [9.17, 15) is 14.7 Å². The number of hydrogen-bond donors (Lipinski definition) is 1. The largest absolute Gasteiger partial charge is 0.503 e. The van der Waals surface area contributed by atoms with Crippen LogP contribution in [-0.4, -0.2) is 60.9 Å². The van der Waals surface area contributed by atoms with Gasteiger partial charge in [-0.25, -0.2) is 0 Å². The number of ether oxygens (including phenoxy) is 1. The van der Waals surface area contributed by atoms with Crippen LogP contribution in [0.15, 0.2) is 64.3 Å². The van der Waals surface area contributed by atoms with E-state index >= 15 is 0 Å². The van der Waals surface area contributed by atoms with E-state index in [0.29, 0.717) is 40.3 Å². The molecule has 0 saturated heterocycles. The van der Waals surface area contributed by atoms with Crippen molar-refractivity contribution in [2.45, 2.75) is 12.5 Å². The van der Waals surface area contributed by atoms with Gasteiger partial charge >= 0.3 is 0 Å². The summed E-state index contributed by atoms with van der Waals surface area (Å²) in [4.78, 5) is 30.2. The lowest BCUT2D eigenvalue weighted by atomic mass is 9.95. The molecule has 1 aliphatic heterocycles. The van der Waals surface area contributed by atoms with Crippen molar-refractivity contribution in [1.29, 1.82) is 0 Å². The summed E-state index contributed by atoms with van der Waals surface area (Å²) in [6.07, 6.45) is 0.673. The van der Waals surface area contributed by atoms with Gasteiger partial charge in [-0.05, 0) is 56.9 Å². The summed E-state index contributed by atoms with van der Waals surface area (Å²) in [6.45, 7) is 1.11. The zero-order chi connectivity index (χ0) is 23.7. The van der Waals surface area contributed by atoms with Crippen LogP contribution in [0.25, 0.3) is 11.0 Å². The van der Waals surface area contributed by atoms with Gasteiger partial charge in [0.1, 0.15) is 0 Å². The molecule has 1 N–H and O–H groups in total. The van der Waals surface area contributed by atoms with Crippen LogP contribution in [0.3, 0.4) is 0 Å². The zero-order valence-electron chi connectivity index (χ0n) is 18.7. The number of nitrogens with zero attached hydrogens (tertiary/aromatic N) is 2. The second-order valence-electron chi connectivity index (χ2n) is 8.19. The number of fused-ring (bicyclic) bond motifs is 1. The molecule has 1 aromatic heterocycles. The standard InChI is InChI=1S/C25H25ClN2O5/c1-27(2)11-6-12-28-21(15-7-4-9-17(26)13-15)20(23(30)25(28)31)22(29)19-14-16-8-5-10-18(32-3)24(16)33-19/h4-5,7-10,13-14,21,30H,6,11-12H2,1-3H3/t21-/m1/s1. The first-order chi connectivity index (χ1) is 15.8. The fraction of sp³-hybridized carbons (Fsp3) is 0.280. The number of methoxy groups -OCH3 is 1. The van der Waals surface area contributed by atoms with E-state index in [1.54, 1.807) is 48.5 Å². The van der Waals surface area contributed by atoms with Crippen molar-refractivity contribution in [1.82, 2.24) is 9.80 Å². The summed E-state index contributed by atoms with van der Waals surface area (Å²) in [5.74, 6) is -1.20. The minimum absolute atomic E-state index is 0.0195. The van der Waals surface area contributed by atoms with Gasteiger partial charge in [0.05, 0.1) is 18.7 Å². The Balaban J connectivity index is 1.77. The first-order valence-electron chi connectivity index (χ1n) is 10.6. The third kappa shape index (κ3) is 4.34. The molecule has 7 nitrogen and oxygen atoms in total. The van der Waals surface area contributed by atoms with Crippen LogP contribution in [0, 0.1) is 0 Å². The first kappa shape index (κ1) is 22.9. The van der Waals surface area contributed by atoms with Crippen molar-refractivity contribution in [2.75, 3.05) is 34.3 Å². The number of aliphatic hydroxyl groups is 1. The summed E-state index contributed by atoms with van der Waals surface area (Å²) >= 11 is 6.21. The van der Waals surface area contributed by atoms with Gasteiger partial charge < -0.3 is 24.1 Å². The van der Waals surface area contributed by atoms with Gasteiger partial charge in [0.25, 0.3) is 5.91 Å². The Morgan fingerprint density at radius 1 is 1.21 bits per heavy atom. The summed E-state index contributed by atoms with van der Waals surface area (Å²) in [7, 11) is 5.41. The van der Waals surface area contributed by atoms with E-state index in [4.69, 9.17) is 20.8 Å². The molecule has 1 atom stereocenters. The number of amides is 1. The summed E-state index contributed by atoms with van der Waals surface area (Å²) in [5, 5.41) is 12.0. The monoisotopic (exact) mass is 468 g/mol. The Morgan fingerprint density at radius 3 is 2.67 bits per heavy atom. The predicted molar refractivity (Wildman–Crippen MR) is 126 cm³/mol. The topological polar surface area (TPSA) is 83.2 Å². The van der Waals surface area contributed by atoms with Crippen molar-refractivity contribution in [3.05, 3.63) is 76.2 Å². The quantitative estimate of drug-likeness (QED) is 0.485. The lowest BCUT2D eigenvalue weighted by Crippen LogP contribution is -2.33. The predicted octanol–water partition coefficient (Wildman–Crippen LogP) is 4.62. The number of benzene rings is 2. The van der Waals surface area contributed by atoms with E-state index < -0.39 is 23.5 Å². The van der Waals surface area contributed by atoms with Crippen LogP contribution in [0.4, 0.5) is 0 Å². The first-order valence-corrected chi connectivity index (χ1v) is 10.9. The highest BCUT2D eigenvalue weighted by Gasteiger charge is 2.44. The number of ketones is 1. The fourth-order valence-electron chi connectivity index (χ4n) is 4.14. The van der Waals surface area contributed by atoms with Gasteiger partial charge in [0, 0.05) is 17.0 Å². The average molecular weight is 469 g/mol. The van der Waals surface area contributed by atoms with Crippen LogP contribution in [0.1, 0.15) is 28.6 Å². The van der Waals surface area contributed by atoms with Crippen molar-refractivity contribution in [2.24, 2.45) is 0 Å². The van der Waals surface area contributed by atoms with E-state index in [-0.39, 0.29) is 11.3 Å². The van der Waals surface area contributed by atoms with Crippen LogP contribution < -0.4 is 4.74 Å². The van der Waals surface area contributed by atoms with Crippen LogP contribution in [0.5, 0.6) is 5.75 Å². The Bertz CT molecular complexity index is 1250. The molecule has 0 aliphatic carbocycles. The number of furan rings is 1. The maximum absolute atomic E-state index is 13.6. The molecular formula is C25H25ClN2O5. The third-order valence-electron chi connectivity index (χ3n) is 5.67. The minimum atomic E-state index is -0.777. The molecule has 172 valence electrons. The van der Waals surface area contributed by atoms with E-state index in [1.807, 2.05) is 19.0 Å². The molecule has 0 saturated carbocycles. The number of carbonyl (C=O) groups is 2. The SMILES string of the molecule is COc1cccc2cc(C(=O)C3=C(O)C(=O)N(CCCN(C)C)[C@@H]3c3cccc(Cl)c3)oc12. The van der Waals surface area contributed by atoms with Gasteiger partial charge in [-0.15, -0.1) is 0 Å². The fourth-order valence-corrected chi connectivity index (χ4v) is 4.34. The van der Waals surface area contributed by atoms with Gasteiger partial charge in [0.15, 0.2) is 22.9 Å². The van der Waals surface area contributed by atoms with Gasteiger partial charge in [-0.2, -0.15) is 0 Å². The molecule has 0 unspecified atom stereocenters. The molecule has 0 bridgehead atoms. The smallest absolute Gasteiger partial charge is 0.290 e. The maximum atomic E-state index is 13.6. The minimum Gasteiger partial charge on any atom is -0.503 e. The second kappa shape index (κ2) is 9.29. The number of halogens is 1. The van der Waals surface area contributed by atoms with Gasteiger partial charge in [0.2, 0.25) is 5.78 Å². The van der Waals surface area contributed by atoms with Crippen molar-refractivity contribution in [3.8, 4) is 5.75 Å². The Kier molecular flexibility index (Phi) is 6.44. The lowest BCUT2D eigenvalue weighted by molar-refractivity contribution is -0.129. The second-order valence-corrected chi connectivity index (χ2v) is 8.63. The lowest BCUT2D eigenvalue weighted by Gasteiger charge is -2.27. The number of aliphatic hydroxyl groups excluding tert-OH is 1. The van der Waals surface area contributed by atoms with Crippen molar-refractivity contribution >= 4 is 34.3 Å². The number of rotatable bonds is 8. The van der Waals surface area contributed by atoms with Crippen LogP contribution in [0.2, 0.25) is 5.02 Å². The molecular weight excluding hydrogens is 444 g/mol. The highest BCUT2D eigenvalue weighted by Crippen LogP contribution is 2.40. The molecule has 8 heteroatoms. The molecule has 0 spiro atoms. The van der Waals surface area contributed by atoms with E-state index in [2.05, 4.69) is 0 Å². The Labute approximate surface area is 196 Å². The number of Topliss-reactive ketones (excluding diaryl/α,β-unsaturated/α-hetero) is 1. The normalized spacial score (nSPS) is 16.3. The number of carbonyl (C=O) groups excluding carboxylic acids is 2. The zero-order valence-corrected chi connectivity index (χ0v) is 19.4. The van der Waals surface area contributed by atoms with E-state index in [1.165, 1.54) is 12.0 Å². The summed E-state index contributed by atoms with van der Waals surface area (Å²) < 4.78 is 11.1.